The molecule has 6 heteroatoms. The Hall–Kier alpha value is -1.40. The number of nitrogens with zero attached hydrogens (tertiary/aromatic N) is 4. The maximum atomic E-state index is 12.3. The van der Waals surface area contributed by atoms with Crippen molar-refractivity contribution < 1.29 is 9.90 Å². The average molecular weight is 280 g/mol. The molecule has 20 heavy (non-hydrogen) atoms. The van der Waals surface area contributed by atoms with Crippen LogP contribution in [0.2, 0.25) is 0 Å². The smallest absolute Gasteiger partial charge is 0.244 e. The van der Waals surface area contributed by atoms with Gasteiger partial charge in [-0.2, -0.15) is 5.10 Å². The van der Waals surface area contributed by atoms with Crippen LogP contribution in [0.25, 0.3) is 0 Å². The highest BCUT2D eigenvalue weighted by molar-refractivity contribution is 5.76. The zero-order chi connectivity index (χ0) is 14.9. The first kappa shape index (κ1) is 15.0. The van der Waals surface area contributed by atoms with Gasteiger partial charge >= 0.3 is 0 Å². The summed E-state index contributed by atoms with van der Waals surface area (Å²) in [5.41, 5.74) is 1.12. The Morgan fingerprint density at radius 1 is 1.50 bits per heavy atom. The zero-order valence-corrected chi connectivity index (χ0v) is 12.8. The van der Waals surface area contributed by atoms with E-state index in [9.17, 15) is 9.90 Å². The summed E-state index contributed by atoms with van der Waals surface area (Å²) >= 11 is 0. The first-order chi connectivity index (χ1) is 9.29. The van der Waals surface area contributed by atoms with E-state index in [1.807, 2.05) is 38.9 Å². The van der Waals surface area contributed by atoms with Crippen molar-refractivity contribution in [3.8, 4) is 0 Å². The fourth-order valence-electron chi connectivity index (χ4n) is 2.85. The molecule has 6 nitrogen and oxygen atoms in total. The summed E-state index contributed by atoms with van der Waals surface area (Å²) in [5, 5.41) is 14.8. The summed E-state index contributed by atoms with van der Waals surface area (Å²) in [6.07, 6.45) is 0.633. The van der Waals surface area contributed by atoms with Crippen LogP contribution in [0.15, 0.2) is 6.07 Å². The van der Waals surface area contributed by atoms with Crippen LogP contribution in [-0.2, 0) is 11.3 Å². The Labute approximate surface area is 120 Å². The van der Waals surface area contributed by atoms with Crippen molar-refractivity contribution in [3.05, 3.63) is 17.5 Å². The lowest BCUT2D eigenvalue weighted by molar-refractivity contribution is -0.132. The number of carbonyl (C=O) groups excluding carboxylic acids is 1. The Morgan fingerprint density at radius 2 is 2.20 bits per heavy atom. The minimum absolute atomic E-state index is 0.0193. The van der Waals surface area contributed by atoms with E-state index in [2.05, 4.69) is 5.10 Å². The Bertz CT molecular complexity index is 497. The third-order valence-electron chi connectivity index (χ3n) is 3.68. The molecule has 1 amide bonds. The molecule has 112 valence electrons. The van der Waals surface area contributed by atoms with Gasteiger partial charge in [0.1, 0.15) is 6.54 Å². The molecule has 0 radical (unpaired) electrons. The highest BCUT2D eigenvalue weighted by atomic mass is 16.3. The van der Waals surface area contributed by atoms with Gasteiger partial charge in [0.25, 0.3) is 0 Å². The second-order valence-electron chi connectivity index (χ2n) is 6.11. The molecule has 1 saturated heterocycles. The topological polar surface area (TPSA) is 61.6 Å². The number of hydrogen-bond donors (Lipinski definition) is 1. The molecular formula is C14H24N4O2. The summed E-state index contributed by atoms with van der Waals surface area (Å²) in [6.45, 7) is 5.71. The number of β-amino-alcohol motifs (C(OH)–C–C–N with tert-alkyl or cyclic N) is 1. The van der Waals surface area contributed by atoms with Crippen LogP contribution in [-0.4, -0.2) is 69.9 Å². The lowest BCUT2D eigenvalue weighted by atomic mass is 10.0. The molecular weight excluding hydrogens is 256 g/mol. The van der Waals surface area contributed by atoms with Gasteiger partial charge in [-0.15, -0.1) is 0 Å². The van der Waals surface area contributed by atoms with E-state index >= 15 is 0 Å². The predicted octanol–water partition coefficient (Wildman–Crippen LogP) is 0.0249. The minimum atomic E-state index is -0.783. The molecule has 0 spiro atoms. The highest BCUT2D eigenvalue weighted by Gasteiger charge is 2.38. The molecule has 1 atom stereocenters. The third-order valence-corrected chi connectivity index (χ3v) is 3.68. The maximum absolute atomic E-state index is 12.3. The first-order valence-corrected chi connectivity index (χ1v) is 6.95. The molecule has 1 aromatic rings. The van der Waals surface area contributed by atoms with Gasteiger partial charge in [-0.3, -0.25) is 9.48 Å². The molecule has 1 aromatic heterocycles. The van der Waals surface area contributed by atoms with Gasteiger partial charge in [0.2, 0.25) is 5.91 Å². The van der Waals surface area contributed by atoms with Gasteiger partial charge in [-0.1, -0.05) is 0 Å². The molecule has 1 fully saturated rings. The number of hydrogen-bond acceptors (Lipinski definition) is 4. The van der Waals surface area contributed by atoms with Crippen LogP contribution in [0.4, 0.5) is 0 Å². The largest absolute Gasteiger partial charge is 0.387 e. The number of aryl methyl sites for hydroxylation is 2. The molecule has 1 N–H and O–H groups in total. The highest BCUT2D eigenvalue weighted by Crippen LogP contribution is 2.22. The van der Waals surface area contributed by atoms with Gasteiger partial charge in [0, 0.05) is 18.8 Å². The molecule has 1 aliphatic rings. The number of amides is 1. The SMILES string of the molecule is Cc1cc(C)n(CC(=O)N2CC[C@](O)(CN(C)C)C2)n1. The Balaban J connectivity index is 1.96. The predicted molar refractivity (Wildman–Crippen MR) is 76.4 cm³/mol. The minimum Gasteiger partial charge on any atom is -0.387 e. The fraction of sp³-hybridized carbons (Fsp3) is 0.714. The van der Waals surface area contributed by atoms with Crippen LogP contribution < -0.4 is 0 Å². The lowest BCUT2D eigenvalue weighted by Gasteiger charge is -2.26. The van der Waals surface area contributed by atoms with Gasteiger partial charge in [0.15, 0.2) is 0 Å². The van der Waals surface area contributed by atoms with E-state index < -0.39 is 5.60 Å². The number of likely N-dealkylation sites (tertiary alicyclic amines) is 1. The normalized spacial score (nSPS) is 22.8. The van der Waals surface area contributed by atoms with E-state index in [1.165, 1.54) is 0 Å². The molecule has 1 aliphatic heterocycles. The maximum Gasteiger partial charge on any atom is 0.244 e. The van der Waals surface area contributed by atoms with E-state index in [-0.39, 0.29) is 12.5 Å². The van der Waals surface area contributed by atoms with E-state index in [0.29, 0.717) is 26.1 Å². The molecule has 0 aliphatic carbocycles. The summed E-state index contributed by atoms with van der Waals surface area (Å²) in [5.74, 6) is 0.0193. The molecule has 0 saturated carbocycles. The molecule has 2 rings (SSSR count). The quantitative estimate of drug-likeness (QED) is 0.845. The van der Waals surface area contributed by atoms with Crippen LogP contribution in [0.3, 0.4) is 0 Å². The van der Waals surface area contributed by atoms with E-state index in [4.69, 9.17) is 0 Å². The van der Waals surface area contributed by atoms with Gasteiger partial charge < -0.3 is 14.9 Å². The van der Waals surface area contributed by atoms with E-state index in [1.54, 1.807) is 9.58 Å². The Morgan fingerprint density at radius 3 is 2.75 bits per heavy atom. The van der Waals surface area contributed by atoms with Crippen molar-refractivity contribution >= 4 is 5.91 Å². The van der Waals surface area contributed by atoms with E-state index in [0.717, 1.165) is 11.4 Å². The van der Waals surface area contributed by atoms with Gasteiger partial charge in [-0.25, -0.2) is 0 Å². The van der Waals surface area contributed by atoms with Crippen molar-refractivity contribution in [1.82, 2.24) is 19.6 Å². The summed E-state index contributed by atoms with van der Waals surface area (Å²) in [4.78, 5) is 16.0. The van der Waals surface area contributed by atoms with Crippen molar-refractivity contribution in [1.29, 1.82) is 0 Å². The van der Waals surface area contributed by atoms with Crippen LogP contribution >= 0.6 is 0 Å². The molecule has 0 aromatic carbocycles. The monoisotopic (exact) mass is 280 g/mol. The number of carbonyl (C=O) groups is 1. The number of aliphatic hydroxyl groups is 1. The number of aromatic nitrogens is 2. The van der Waals surface area contributed by atoms with Gasteiger partial charge in [-0.05, 0) is 40.4 Å². The van der Waals surface area contributed by atoms with Gasteiger partial charge in [0.05, 0.1) is 17.8 Å². The van der Waals surface area contributed by atoms with Crippen molar-refractivity contribution in [2.45, 2.75) is 32.4 Å². The lowest BCUT2D eigenvalue weighted by Crippen LogP contribution is -2.44. The standard InChI is InChI=1S/C14H24N4O2/c1-11-7-12(2)18(15-11)8-13(19)17-6-5-14(20,10-17)9-16(3)4/h7,20H,5-6,8-10H2,1-4H3/t14-/m0/s1. The fourth-order valence-corrected chi connectivity index (χ4v) is 2.85. The molecule has 2 heterocycles. The second kappa shape index (κ2) is 5.54. The first-order valence-electron chi connectivity index (χ1n) is 6.95. The van der Waals surface area contributed by atoms with Crippen LogP contribution in [0.5, 0.6) is 0 Å². The summed E-state index contributed by atoms with van der Waals surface area (Å²) in [6, 6.07) is 1.96. The number of rotatable bonds is 4. The van der Waals surface area contributed by atoms with Crippen LogP contribution in [0.1, 0.15) is 17.8 Å². The Kier molecular flexibility index (Phi) is 4.15. The number of likely N-dealkylation sites (N-methyl/N-ethyl adjacent to an activating group) is 1. The molecule has 0 unspecified atom stereocenters. The van der Waals surface area contributed by atoms with Crippen molar-refractivity contribution in [2.24, 2.45) is 0 Å². The van der Waals surface area contributed by atoms with Crippen LogP contribution in [0, 0.1) is 13.8 Å². The third kappa shape index (κ3) is 3.37. The average Bonchev–Trinajstić information content (AvgIpc) is 2.82. The van der Waals surface area contributed by atoms with Crippen molar-refractivity contribution in [2.75, 3.05) is 33.7 Å². The zero-order valence-electron chi connectivity index (χ0n) is 12.8. The van der Waals surface area contributed by atoms with Crippen molar-refractivity contribution in [3.63, 3.8) is 0 Å². The second-order valence-corrected chi connectivity index (χ2v) is 6.11. The summed E-state index contributed by atoms with van der Waals surface area (Å²) < 4.78 is 1.72. The summed E-state index contributed by atoms with van der Waals surface area (Å²) in [7, 11) is 3.86. The molecule has 0 bridgehead atoms.